The maximum Gasteiger partial charge on any atom is 0.228 e. The van der Waals surface area contributed by atoms with Gasteiger partial charge in [0.15, 0.2) is 0 Å². The first-order valence-electron chi connectivity index (χ1n) is 6.26. The molecule has 0 aliphatic rings. The third-order valence-electron chi connectivity index (χ3n) is 2.83. The number of rotatable bonds is 4. The van der Waals surface area contributed by atoms with Crippen molar-refractivity contribution in [2.75, 3.05) is 6.54 Å². The molecule has 0 saturated heterocycles. The van der Waals surface area contributed by atoms with Crippen LogP contribution in [-0.2, 0) is 18.4 Å². The van der Waals surface area contributed by atoms with Crippen molar-refractivity contribution < 1.29 is 4.79 Å². The van der Waals surface area contributed by atoms with Crippen molar-refractivity contribution in [3.8, 4) is 0 Å². The van der Waals surface area contributed by atoms with E-state index < -0.39 is 0 Å². The molecule has 0 N–H and O–H groups in total. The Kier molecular flexibility index (Phi) is 4.38. The van der Waals surface area contributed by atoms with Crippen LogP contribution in [0.15, 0.2) is 18.3 Å². The third-order valence-corrected chi connectivity index (χ3v) is 2.83. The van der Waals surface area contributed by atoms with Crippen LogP contribution in [0.2, 0.25) is 0 Å². The molecule has 0 aliphatic heterocycles. The molecule has 0 saturated carbocycles. The Morgan fingerprint density at radius 1 is 1.41 bits per heavy atom. The standard InChI is InChI=1S/C14H24N2O/c1-6-9-16(13(17)14(2,3)4)11-12-8-7-10-15(12)5/h7-8,10H,6,9,11H2,1-5H3. The van der Waals surface area contributed by atoms with Gasteiger partial charge in [-0.3, -0.25) is 4.79 Å². The summed E-state index contributed by atoms with van der Waals surface area (Å²) in [7, 11) is 2.01. The fourth-order valence-electron chi connectivity index (χ4n) is 1.85. The van der Waals surface area contributed by atoms with E-state index in [1.54, 1.807) is 0 Å². The van der Waals surface area contributed by atoms with Crippen molar-refractivity contribution in [3.63, 3.8) is 0 Å². The fraction of sp³-hybridized carbons (Fsp3) is 0.643. The number of carbonyl (C=O) groups excluding carboxylic acids is 1. The van der Waals surface area contributed by atoms with E-state index in [2.05, 4.69) is 17.6 Å². The third kappa shape index (κ3) is 3.62. The van der Waals surface area contributed by atoms with Gasteiger partial charge in [0.05, 0.1) is 6.54 Å². The fourth-order valence-corrected chi connectivity index (χ4v) is 1.85. The highest BCUT2D eigenvalue weighted by Crippen LogP contribution is 2.19. The largest absolute Gasteiger partial charge is 0.353 e. The zero-order valence-corrected chi connectivity index (χ0v) is 11.7. The molecule has 0 spiro atoms. The van der Waals surface area contributed by atoms with Gasteiger partial charge in [-0.1, -0.05) is 27.7 Å². The maximum atomic E-state index is 12.3. The number of amides is 1. The monoisotopic (exact) mass is 236 g/mol. The zero-order valence-electron chi connectivity index (χ0n) is 11.7. The first-order valence-corrected chi connectivity index (χ1v) is 6.26. The van der Waals surface area contributed by atoms with Crippen molar-refractivity contribution in [3.05, 3.63) is 24.0 Å². The van der Waals surface area contributed by atoms with E-state index >= 15 is 0 Å². The topological polar surface area (TPSA) is 25.2 Å². The minimum Gasteiger partial charge on any atom is -0.353 e. The lowest BCUT2D eigenvalue weighted by Crippen LogP contribution is -2.39. The smallest absolute Gasteiger partial charge is 0.228 e. The molecule has 0 aromatic carbocycles. The minimum atomic E-state index is -0.305. The summed E-state index contributed by atoms with van der Waals surface area (Å²) in [5.41, 5.74) is 0.872. The summed E-state index contributed by atoms with van der Waals surface area (Å²) in [6.45, 7) is 9.55. The van der Waals surface area contributed by atoms with Gasteiger partial charge in [-0.25, -0.2) is 0 Å². The van der Waals surface area contributed by atoms with Crippen LogP contribution in [0.5, 0.6) is 0 Å². The summed E-state index contributed by atoms with van der Waals surface area (Å²) in [6.07, 6.45) is 3.01. The van der Waals surface area contributed by atoms with Gasteiger partial charge in [-0.2, -0.15) is 0 Å². The van der Waals surface area contributed by atoms with E-state index in [9.17, 15) is 4.79 Å². The Balaban J connectivity index is 2.80. The Hall–Kier alpha value is -1.25. The first-order chi connectivity index (χ1) is 7.86. The van der Waals surface area contributed by atoms with E-state index in [0.717, 1.165) is 13.0 Å². The molecular weight excluding hydrogens is 212 g/mol. The van der Waals surface area contributed by atoms with Crippen LogP contribution >= 0.6 is 0 Å². The van der Waals surface area contributed by atoms with Crippen molar-refractivity contribution in [1.29, 1.82) is 0 Å². The highest BCUT2D eigenvalue weighted by atomic mass is 16.2. The van der Waals surface area contributed by atoms with Crippen LogP contribution in [0, 0.1) is 5.41 Å². The van der Waals surface area contributed by atoms with Gasteiger partial charge in [-0.15, -0.1) is 0 Å². The minimum absolute atomic E-state index is 0.223. The summed E-state index contributed by atoms with van der Waals surface area (Å²) in [4.78, 5) is 14.3. The second kappa shape index (κ2) is 5.39. The molecule has 0 bridgehead atoms. The zero-order chi connectivity index (χ0) is 13.1. The quantitative estimate of drug-likeness (QED) is 0.789. The summed E-state index contributed by atoms with van der Waals surface area (Å²) in [5, 5.41) is 0. The molecule has 0 aliphatic carbocycles. The lowest BCUT2D eigenvalue weighted by molar-refractivity contribution is -0.140. The molecule has 3 nitrogen and oxygen atoms in total. The molecule has 1 heterocycles. The van der Waals surface area contributed by atoms with E-state index in [0.29, 0.717) is 6.54 Å². The van der Waals surface area contributed by atoms with Gasteiger partial charge in [-0.05, 0) is 18.6 Å². The summed E-state index contributed by atoms with van der Waals surface area (Å²) in [5.74, 6) is 0.223. The normalized spacial score (nSPS) is 11.6. The molecule has 0 unspecified atom stereocenters. The maximum absolute atomic E-state index is 12.3. The highest BCUT2D eigenvalue weighted by molar-refractivity contribution is 5.81. The van der Waals surface area contributed by atoms with Gasteiger partial charge >= 0.3 is 0 Å². The number of hydrogen-bond donors (Lipinski definition) is 0. The van der Waals surface area contributed by atoms with Crippen molar-refractivity contribution >= 4 is 5.91 Å². The van der Waals surface area contributed by atoms with Crippen LogP contribution in [0.4, 0.5) is 0 Å². The number of aromatic nitrogens is 1. The Morgan fingerprint density at radius 2 is 2.06 bits per heavy atom. The summed E-state index contributed by atoms with van der Waals surface area (Å²) >= 11 is 0. The SMILES string of the molecule is CCCN(Cc1cccn1C)C(=O)C(C)(C)C. The molecule has 3 heteroatoms. The molecule has 1 aromatic rings. The first kappa shape index (κ1) is 13.8. The lowest BCUT2D eigenvalue weighted by atomic mass is 9.94. The molecule has 0 fully saturated rings. The molecule has 0 atom stereocenters. The van der Waals surface area contributed by atoms with E-state index in [1.807, 2.05) is 45.0 Å². The van der Waals surface area contributed by atoms with E-state index in [1.165, 1.54) is 5.69 Å². The molecular formula is C14H24N2O. The number of aryl methyl sites for hydroxylation is 1. The molecule has 1 amide bonds. The molecule has 1 aromatic heterocycles. The van der Waals surface area contributed by atoms with E-state index in [4.69, 9.17) is 0 Å². The van der Waals surface area contributed by atoms with Gasteiger partial charge in [0.2, 0.25) is 5.91 Å². The van der Waals surface area contributed by atoms with Gasteiger partial charge < -0.3 is 9.47 Å². The number of carbonyl (C=O) groups is 1. The van der Waals surface area contributed by atoms with Crippen molar-refractivity contribution in [2.45, 2.75) is 40.7 Å². The van der Waals surface area contributed by atoms with Gasteiger partial charge in [0.1, 0.15) is 0 Å². The lowest BCUT2D eigenvalue weighted by Gasteiger charge is -2.29. The predicted octanol–water partition coefficient (Wildman–Crippen LogP) is 2.81. The molecule has 96 valence electrons. The average molecular weight is 236 g/mol. The van der Waals surface area contributed by atoms with Crippen LogP contribution in [0.3, 0.4) is 0 Å². The molecule has 0 radical (unpaired) electrons. The van der Waals surface area contributed by atoms with E-state index in [-0.39, 0.29) is 11.3 Å². The second-order valence-electron chi connectivity index (χ2n) is 5.59. The van der Waals surface area contributed by atoms with Crippen molar-refractivity contribution in [1.82, 2.24) is 9.47 Å². The molecule has 1 rings (SSSR count). The van der Waals surface area contributed by atoms with Crippen molar-refractivity contribution in [2.24, 2.45) is 12.5 Å². The van der Waals surface area contributed by atoms with Gasteiger partial charge in [0, 0.05) is 30.9 Å². The summed E-state index contributed by atoms with van der Waals surface area (Å²) < 4.78 is 2.07. The second-order valence-corrected chi connectivity index (χ2v) is 5.59. The van der Waals surface area contributed by atoms with Crippen LogP contribution in [0.25, 0.3) is 0 Å². The highest BCUT2D eigenvalue weighted by Gasteiger charge is 2.27. The van der Waals surface area contributed by atoms with Crippen LogP contribution < -0.4 is 0 Å². The summed E-state index contributed by atoms with van der Waals surface area (Å²) in [6, 6.07) is 4.08. The number of nitrogens with zero attached hydrogens (tertiary/aromatic N) is 2. The Bertz CT molecular complexity index is 374. The average Bonchev–Trinajstić information content (AvgIpc) is 2.61. The number of hydrogen-bond acceptors (Lipinski definition) is 1. The molecule has 17 heavy (non-hydrogen) atoms. The van der Waals surface area contributed by atoms with Crippen LogP contribution in [-0.4, -0.2) is 21.9 Å². The Morgan fingerprint density at radius 3 is 2.47 bits per heavy atom. The van der Waals surface area contributed by atoms with Gasteiger partial charge in [0.25, 0.3) is 0 Å². The Labute approximate surface area is 104 Å². The van der Waals surface area contributed by atoms with Crippen LogP contribution in [0.1, 0.15) is 39.8 Å². The predicted molar refractivity (Wildman–Crippen MR) is 70.6 cm³/mol.